The number of phenols is 1. The minimum absolute atomic E-state index is 0.0149. The maximum atomic E-state index is 13.3. The predicted molar refractivity (Wildman–Crippen MR) is 138 cm³/mol. The van der Waals surface area contributed by atoms with Crippen LogP contribution in [0, 0.1) is 6.92 Å². The normalized spacial score (nSPS) is 11.1. The van der Waals surface area contributed by atoms with Crippen LogP contribution in [0.5, 0.6) is 11.5 Å². The van der Waals surface area contributed by atoms with Gasteiger partial charge in [-0.05, 0) is 49.7 Å². The molecule has 1 amide bonds. The third-order valence-corrected chi connectivity index (χ3v) is 6.10. The number of aromatic hydroxyl groups is 1. The lowest BCUT2D eigenvalue weighted by atomic mass is 10.2. The maximum Gasteiger partial charge on any atom is 0.266 e. The molecule has 0 unspecified atom stereocenters. The van der Waals surface area contributed by atoms with Crippen molar-refractivity contribution in [1.82, 2.24) is 15.0 Å². The van der Waals surface area contributed by atoms with Crippen molar-refractivity contribution in [2.75, 3.05) is 12.4 Å². The monoisotopic (exact) mass is 488 g/mol. The first-order chi connectivity index (χ1) is 17.0. The molecule has 178 valence electrons. The zero-order chi connectivity index (χ0) is 24.8. The van der Waals surface area contributed by atoms with Crippen molar-refractivity contribution in [3.05, 3.63) is 88.2 Å². The number of phenolic OH excluding ortho intramolecular Hbond substituents is 1. The minimum atomic E-state index is -0.384. The molecule has 0 atom stereocenters. The number of aromatic nitrogens is 2. The minimum Gasteiger partial charge on any atom is -0.504 e. The van der Waals surface area contributed by atoms with Gasteiger partial charge >= 0.3 is 0 Å². The van der Waals surface area contributed by atoms with Crippen molar-refractivity contribution in [2.24, 2.45) is 5.10 Å². The van der Waals surface area contributed by atoms with E-state index in [4.69, 9.17) is 4.74 Å². The summed E-state index contributed by atoms with van der Waals surface area (Å²) in [4.78, 5) is 30.5. The third kappa shape index (κ3) is 5.36. The van der Waals surface area contributed by atoms with Gasteiger partial charge in [0.25, 0.3) is 11.5 Å². The lowest BCUT2D eigenvalue weighted by Crippen LogP contribution is -2.24. The van der Waals surface area contributed by atoms with Gasteiger partial charge in [-0.2, -0.15) is 5.10 Å². The summed E-state index contributed by atoms with van der Waals surface area (Å²) in [5, 5.41) is 15.1. The van der Waals surface area contributed by atoms with Gasteiger partial charge < -0.3 is 9.84 Å². The highest BCUT2D eigenvalue weighted by molar-refractivity contribution is 7.99. The Labute approximate surface area is 206 Å². The van der Waals surface area contributed by atoms with Crippen LogP contribution in [-0.2, 0) is 4.79 Å². The van der Waals surface area contributed by atoms with Gasteiger partial charge in [-0.1, -0.05) is 48.2 Å². The SMILES string of the molecule is CCOc1cccc(C=NNC(=O)CSc2nc3ccccc3c(=O)n2-c2ccccc2C)c1O. The third-order valence-electron chi connectivity index (χ3n) is 5.16. The fourth-order valence-electron chi connectivity index (χ4n) is 3.49. The second kappa shape index (κ2) is 10.9. The van der Waals surface area contributed by atoms with Crippen molar-refractivity contribution in [3.63, 3.8) is 0 Å². The first-order valence-electron chi connectivity index (χ1n) is 11.0. The van der Waals surface area contributed by atoms with Crippen molar-refractivity contribution >= 4 is 34.8 Å². The number of rotatable bonds is 8. The molecule has 8 nitrogen and oxygen atoms in total. The molecule has 0 radical (unpaired) electrons. The van der Waals surface area contributed by atoms with Gasteiger partial charge in [-0.3, -0.25) is 14.2 Å². The molecule has 0 saturated carbocycles. The Morgan fingerprint density at radius 3 is 2.71 bits per heavy atom. The Morgan fingerprint density at radius 2 is 1.91 bits per heavy atom. The van der Waals surface area contributed by atoms with E-state index in [9.17, 15) is 14.7 Å². The molecule has 1 aromatic heterocycles. The number of hydrogen-bond acceptors (Lipinski definition) is 7. The number of nitrogens with one attached hydrogen (secondary N) is 1. The second-order valence-electron chi connectivity index (χ2n) is 7.55. The highest BCUT2D eigenvalue weighted by Gasteiger charge is 2.16. The number of thioether (sulfide) groups is 1. The van der Waals surface area contributed by atoms with Gasteiger partial charge in [-0.15, -0.1) is 0 Å². The number of hydrazone groups is 1. The molecule has 4 rings (SSSR count). The van der Waals surface area contributed by atoms with Gasteiger partial charge in [0.05, 0.1) is 35.2 Å². The highest BCUT2D eigenvalue weighted by Crippen LogP contribution is 2.28. The van der Waals surface area contributed by atoms with E-state index in [-0.39, 0.29) is 23.0 Å². The van der Waals surface area contributed by atoms with Gasteiger partial charge in [0.1, 0.15) is 0 Å². The average molecular weight is 489 g/mol. The lowest BCUT2D eigenvalue weighted by Gasteiger charge is -2.14. The quantitative estimate of drug-likeness (QED) is 0.168. The number of amides is 1. The Hall–Kier alpha value is -4.11. The molecule has 3 aromatic carbocycles. The number of carbonyl (C=O) groups is 1. The van der Waals surface area contributed by atoms with Crippen molar-refractivity contribution < 1.29 is 14.6 Å². The van der Waals surface area contributed by atoms with Crippen LogP contribution >= 0.6 is 11.8 Å². The van der Waals surface area contributed by atoms with Crippen molar-refractivity contribution in [3.8, 4) is 17.2 Å². The summed E-state index contributed by atoms with van der Waals surface area (Å²) < 4.78 is 6.89. The van der Waals surface area contributed by atoms with Crippen LogP contribution < -0.4 is 15.7 Å². The van der Waals surface area contributed by atoms with E-state index in [1.165, 1.54) is 10.8 Å². The number of carbonyl (C=O) groups excluding carboxylic acids is 1. The Morgan fingerprint density at radius 1 is 1.14 bits per heavy atom. The number of benzene rings is 3. The van der Waals surface area contributed by atoms with E-state index in [1.54, 1.807) is 36.4 Å². The fraction of sp³-hybridized carbons (Fsp3) is 0.154. The fourth-order valence-corrected chi connectivity index (χ4v) is 4.29. The highest BCUT2D eigenvalue weighted by atomic mass is 32.2. The van der Waals surface area contributed by atoms with Gasteiger partial charge in [0, 0.05) is 5.56 Å². The summed E-state index contributed by atoms with van der Waals surface area (Å²) >= 11 is 1.14. The van der Waals surface area contributed by atoms with Crippen molar-refractivity contribution in [2.45, 2.75) is 19.0 Å². The molecule has 0 fully saturated rings. The van der Waals surface area contributed by atoms with Gasteiger partial charge in [-0.25, -0.2) is 10.4 Å². The van der Waals surface area contributed by atoms with Gasteiger partial charge in [0.2, 0.25) is 0 Å². The van der Waals surface area contributed by atoms with E-state index >= 15 is 0 Å². The maximum absolute atomic E-state index is 13.3. The van der Waals surface area contributed by atoms with E-state index < -0.39 is 0 Å². The molecule has 0 aliphatic heterocycles. The number of para-hydroxylation sites is 3. The number of fused-ring (bicyclic) bond motifs is 1. The first-order valence-corrected chi connectivity index (χ1v) is 12.0. The van der Waals surface area contributed by atoms with E-state index in [0.717, 1.165) is 17.3 Å². The largest absolute Gasteiger partial charge is 0.504 e. The zero-order valence-electron chi connectivity index (χ0n) is 19.3. The molecular formula is C26H24N4O4S. The lowest BCUT2D eigenvalue weighted by molar-refractivity contribution is -0.118. The number of nitrogens with zero attached hydrogens (tertiary/aromatic N) is 3. The smallest absolute Gasteiger partial charge is 0.266 e. The van der Waals surface area contributed by atoms with Crippen LogP contribution in [0.4, 0.5) is 0 Å². The summed E-state index contributed by atoms with van der Waals surface area (Å²) in [5.41, 5.74) is 4.84. The zero-order valence-corrected chi connectivity index (χ0v) is 20.1. The molecule has 9 heteroatoms. The van der Waals surface area contributed by atoms with Gasteiger partial charge in [0.15, 0.2) is 16.7 Å². The van der Waals surface area contributed by atoms with Crippen LogP contribution in [0.3, 0.4) is 0 Å². The molecule has 2 N–H and O–H groups in total. The second-order valence-corrected chi connectivity index (χ2v) is 8.49. The van der Waals surface area contributed by atoms with Crippen LogP contribution in [0.2, 0.25) is 0 Å². The Kier molecular flexibility index (Phi) is 7.47. The summed E-state index contributed by atoms with van der Waals surface area (Å²) in [6.45, 7) is 4.16. The summed E-state index contributed by atoms with van der Waals surface area (Å²) in [7, 11) is 0. The van der Waals surface area contributed by atoms with E-state index in [2.05, 4.69) is 15.5 Å². The van der Waals surface area contributed by atoms with Crippen LogP contribution in [0.1, 0.15) is 18.1 Å². The summed E-state index contributed by atoms with van der Waals surface area (Å²) in [6, 6.07) is 19.7. The number of hydrogen-bond donors (Lipinski definition) is 2. The molecule has 35 heavy (non-hydrogen) atoms. The van der Waals surface area contributed by atoms with E-state index in [0.29, 0.717) is 39.7 Å². The molecule has 0 aliphatic carbocycles. The molecule has 0 spiro atoms. The van der Waals surface area contributed by atoms with Crippen LogP contribution in [0.15, 0.2) is 81.8 Å². The molecular weight excluding hydrogens is 464 g/mol. The standard InChI is InChI=1S/C26H24N4O4S/c1-3-34-22-14-8-10-18(24(22)32)15-27-29-23(31)16-35-26-28-20-12-6-5-11-19(20)25(33)30(26)21-13-7-4-9-17(21)2/h4-15,32H,3,16H2,1-2H3,(H,29,31). The summed E-state index contributed by atoms with van der Waals surface area (Å²) in [6.07, 6.45) is 1.35. The average Bonchev–Trinajstić information content (AvgIpc) is 2.86. The Balaban J connectivity index is 1.54. The first kappa shape index (κ1) is 24.0. The molecule has 0 bridgehead atoms. The number of aryl methyl sites for hydroxylation is 1. The van der Waals surface area contributed by atoms with E-state index in [1.807, 2.05) is 44.2 Å². The number of ether oxygens (including phenoxy) is 1. The molecule has 1 heterocycles. The van der Waals surface area contributed by atoms with Crippen LogP contribution in [-0.4, -0.2) is 39.1 Å². The topological polar surface area (TPSA) is 106 Å². The molecule has 0 saturated heterocycles. The predicted octanol–water partition coefficient (Wildman–Crippen LogP) is 4.04. The molecule has 0 aliphatic rings. The molecule has 4 aromatic rings. The van der Waals surface area contributed by atoms with Crippen molar-refractivity contribution in [1.29, 1.82) is 0 Å². The Bertz CT molecular complexity index is 1470. The van der Waals surface area contributed by atoms with Crippen LogP contribution in [0.25, 0.3) is 16.6 Å². The summed E-state index contributed by atoms with van der Waals surface area (Å²) in [5.74, 6) is -0.108.